The SMILES string of the molecule is COc1ccc(OC)c(NC(=O)c2cc(NCCCN(C)C)ccn2)c1. The zero-order valence-electron chi connectivity index (χ0n) is 15.7. The highest BCUT2D eigenvalue weighted by atomic mass is 16.5. The van der Waals surface area contributed by atoms with Gasteiger partial charge in [0.05, 0.1) is 19.9 Å². The first-order chi connectivity index (χ1) is 12.5. The highest BCUT2D eigenvalue weighted by Gasteiger charge is 2.12. The minimum Gasteiger partial charge on any atom is -0.497 e. The normalized spacial score (nSPS) is 10.5. The fourth-order valence-electron chi connectivity index (χ4n) is 2.39. The fourth-order valence-corrected chi connectivity index (χ4v) is 2.39. The summed E-state index contributed by atoms with van der Waals surface area (Å²) in [5, 5.41) is 6.13. The molecular formula is C19H26N4O3. The molecule has 0 atom stereocenters. The first-order valence-electron chi connectivity index (χ1n) is 8.41. The number of hydrogen-bond donors (Lipinski definition) is 2. The summed E-state index contributed by atoms with van der Waals surface area (Å²) in [6.45, 7) is 1.83. The van der Waals surface area contributed by atoms with E-state index in [9.17, 15) is 4.79 Å². The van der Waals surface area contributed by atoms with Gasteiger partial charge in [0, 0.05) is 24.5 Å². The molecule has 1 heterocycles. The van der Waals surface area contributed by atoms with E-state index in [4.69, 9.17) is 9.47 Å². The van der Waals surface area contributed by atoms with Crippen LogP contribution in [-0.2, 0) is 0 Å². The molecule has 140 valence electrons. The molecule has 0 aliphatic carbocycles. The van der Waals surface area contributed by atoms with Crippen molar-refractivity contribution in [2.24, 2.45) is 0 Å². The van der Waals surface area contributed by atoms with Crippen LogP contribution in [0.25, 0.3) is 0 Å². The Balaban J connectivity index is 2.04. The summed E-state index contributed by atoms with van der Waals surface area (Å²) < 4.78 is 10.5. The number of anilines is 2. The molecule has 1 amide bonds. The Morgan fingerprint density at radius 2 is 1.96 bits per heavy atom. The first kappa shape index (κ1) is 19.5. The van der Waals surface area contributed by atoms with E-state index in [1.54, 1.807) is 44.7 Å². The van der Waals surface area contributed by atoms with Crippen LogP contribution in [-0.4, -0.2) is 57.2 Å². The average Bonchev–Trinajstić information content (AvgIpc) is 2.65. The Morgan fingerprint density at radius 1 is 1.15 bits per heavy atom. The van der Waals surface area contributed by atoms with E-state index in [0.717, 1.165) is 25.2 Å². The van der Waals surface area contributed by atoms with E-state index in [2.05, 4.69) is 20.5 Å². The molecule has 0 aliphatic rings. The number of ether oxygens (including phenoxy) is 2. The third-order valence-electron chi connectivity index (χ3n) is 3.76. The van der Waals surface area contributed by atoms with E-state index in [1.807, 2.05) is 20.2 Å². The number of methoxy groups -OCH3 is 2. The van der Waals surface area contributed by atoms with Crippen LogP contribution in [0.15, 0.2) is 36.5 Å². The molecule has 0 unspecified atom stereocenters. The van der Waals surface area contributed by atoms with Gasteiger partial charge in [0.25, 0.3) is 5.91 Å². The second-order valence-corrected chi connectivity index (χ2v) is 6.03. The number of pyridine rings is 1. The Morgan fingerprint density at radius 3 is 2.65 bits per heavy atom. The van der Waals surface area contributed by atoms with Gasteiger partial charge in [0.15, 0.2) is 0 Å². The van der Waals surface area contributed by atoms with E-state index >= 15 is 0 Å². The Labute approximate surface area is 154 Å². The molecule has 0 radical (unpaired) electrons. The molecule has 7 nitrogen and oxygen atoms in total. The van der Waals surface area contributed by atoms with Gasteiger partial charge >= 0.3 is 0 Å². The zero-order chi connectivity index (χ0) is 18.9. The van der Waals surface area contributed by atoms with E-state index in [-0.39, 0.29) is 5.91 Å². The molecular weight excluding hydrogens is 332 g/mol. The summed E-state index contributed by atoms with van der Waals surface area (Å²) in [5.41, 5.74) is 1.72. The van der Waals surface area contributed by atoms with Crippen LogP contribution >= 0.6 is 0 Å². The lowest BCUT2D eigenvalue weighted by Crippen LogP contribution is -2.17. The number of nitrogens with one attached hydrogen (secondary N) is 2. The van der Waals surface area contributed by atoms with Crippen LogP contribution in [0.2, 0.25) is 0 Å². The molecule has 7 heteroatoms. The maximum atomic E-state index is 12.5. The van der Waals surface area contributed by atoms with Gasteiger partial charge in [0.1, 0.15) is 17.2 Å². The molecule has 2 N–H and O–H groups in total. The van der Waals surface area contributed by atoms with Gasteiger partial charge in [-0.05, 0) is 51.3 Å². The number of aromatic nitrogens is 1. The molecule has 0 bridgehead atoms. The number of carbonyl (C=O) groups excluding carboxylic acids is 1. The van der Waals surface area contributed by atoms with Crippen molar-refractivity contribution in [1.29, 1.82) is 0 Å². The van der Waals surface area contributed by atoms with Crippen LogP contribution in [0.1, 0.15) is 16.9 Å². The summed E-state index contributed by atoms with van der Waals surface area (Å²) in [7, 11) is 7.21. The predicted octanol–water partition coefficient (Wildman–Crippen LogP) is 2.71. The van der Waals surface area contributed by atoms with Gasteiger partial charge in [-0.15, -0.1) is 0 Å². The topological polar surface area (TPSA) is 75.7 Å². The van der Waals surface area contributed by atoms with Crippen molar-refractivity contribution in [2.45, 2.75) is 6.42 Å². The lowest BCUT2D eigenvalue weighted by atomic mass is 10.2. The number of hydrogen-bond acceptors (Lipinski definition) is 6. The Bertz CT molecular complexity index is 734. The minimum atomic E-state index is -0.312. The lowest BCUT2D eigenvalue weighted by molar-refractivity contribution is 0.102. The summed E-state index contributed by atoms with van der Waals surface area (Å²) in [4.78, 5) is 18.8. The van der Waals surface area contributed by atoms with Crippen molar-refractivity contribution >= 4 is 17.3 Å². The van der Waals surface area contributed by atoms with E-state index < -0.39 is 0 Å². The number of nitrogens with zero attached hydrogens (tertiary/aromatic N) is 2. The zero-order valence-corrected chi connectivity index (χ0v) is 15.7. The van der Waals surface area contributed by atoms with Crippen LogP contribution in [0.4, 0.5) is 11.4 Å². The van der Waals surface area contributed by atoms with Crippen LogP contribution in [0, 0.1) is 0 Å². The van der Waals surface area contributed by atoms with Crippen molar-refractivity contribution in [3.63, 3.8) is 0 Å². The van der Waals surface area contributed by atoms with Crippen LogP contribution in [0.5, 0.6) is 11.5 Å². The van der Waals surface area contributed by atoms with Crippen molar-refractivity contribution in [3.8, 4) is 11.5 Å². The number of amides is 1. The molecule has 0 spiro atoms. The largest absolute Gasteiger partial charge is 0.497 e. The predicted molar refractivity (Wildman–Crippen MR) is 103 cm³/mol. The number of rotatable bonds is 9. The van der Waals surface area contributed by atoms with Crippen molar-refractivity contribution in [3.05, 3.63) is 42.2 Å². The van der Waals surface area contributed by atoms with Crippen LogP contribution < -0.4 is 20.1 Å². The minimum absolute atomic E-state index is 0.312. The Hall–Kier alpha value is -2.80. The molecule has 0 saturated heterocycles. The lowest BCUT2D eigenvalue weighted by Gasteiger charge is -2.13. The van der Waals surface area contributed by atoms with Crippen molar-refractivity contribution in [2.75, 3.05) is 52.0 Å². The quantitative estimate of drug-likeness (QED) is 0.671. The van der Waals surface area contributed by atoms with Gasteiger partial charge in [0.2, 0.25) is 0 Å². The van der Waals surface area contributed by atoms with Crippen LogP contribution in [0.3, 0.4) is 0 Å². The summed E-state index contributed by atoms with van der Waals surface area (Å²) in [6, 6.07) is 8.80. The second-order valence-electron chi connectivity index (χ2n) is 6.03. The van der Waals surface area contributed by atoms with Gasteiger partial charge < -0.3 is 25.0 Å². The smallest absolute Gasteiger partial charge is 0.274 e. The van der Waals surface area contributed by atoms with E-state index in [0.29, 0.717) is 22.9 Å². The van der Waals surface area contributed by atoms with Gasteiger partial charge in [-0.25, -0.2) is 0 Å². The summed E-state index contributed by atoms with van der Waals surface area (Å²) >= 11 is 0. The molecule has 2 rings (SSSR count). The monoisotopic (exact) mass is 358 g/mol. The maximum Gasteiger partial charge on any atom is 0.274 e. The van der Waals surface area contributed by atoms with Gasteiger partial charge in [-0.1, -0.05) is 0 Å². The molecule has 1 aromatic carbocycles. The molecule has 0 saturated carbocycles. The highest BCUT2D eigenvalue weighted by Crippen LogP contribution is 2.29. The fraction of sp³-hybridized carbons (Fsp3) is 0.368. The van der Waals surface area contributed by atoms with Gasteiger partial charge in [-0.2, -0.15) is 0 Å². The van der Waals surface area contributed by atoms with Gasteiger partial charge in [-0.3, -0.25) is 9.78 Å². The highest BCUT2D eigenvalue weighted by molar-refractivity contribution is 6.04. The summed E-state index contributed by atoms with van der Waals surface area (Å²) in [6.07, 6.45) is 2.63. The standard InChI is InChI=1S/C19H26N4O3/c1-23(2)11-5-9-20-14-8-10-21-17(12-14)19(24)22-16-13-15(25-3)6-7-18(16)26-4/h6-8,10,12-13H,5,9,11H2,1-4H3,(H,20,21)(H,22,24). The molecule has 26 heavy (non-hydrogen) atoms. The Kier molecular flexibility index (Phi) is 7.23. The van der Waals surface area contributed by atoms with Crippen molar-refractivity contribution in [1.82, 2.24) is 9.88 Å². The number of carbonyl (C=O) groups is 1. The van der Waals surface area contributed by atoms with Crippen molar-refractivity contribution < 1.29 is 14.3 Å². The summed E-state index contributed by atoms with van der Waals surface area (Å²) in [5.74, 6) is 0.871. The first-order valence-corrected chi connectivity index (χ1v) is 8.41. The van der Waals surface area contributed by atoms with E-state index in [1.165, 1.54) is 0 Å². The molecule has 0 aliphatic heterocycles. The molecule has 2 aromatic rings. The molecule has 1 aromatic heterocycles. The average molecular weight is 358 g/mol. The maximum absolute atomic E-state index is 12.5. The number of benzene rings is 1. The molecule has 0 fully saturated rings. The second kappa shape index (κ2) is 9.62. The third-order valence-corrected chi connectivity index (χ3v) is 3.76. The third kappa shape index (κ3) is 5.63.